The molecule has 0 atom stereocenters. The number of guanidine groups is 2. The van der Waals surface area contributed by atoms with Crippen molar-refractivity contribution in [1.29, 1.82) is 10.8 Å². The number of halogens is 1. The summed E-state index contributed by atoms with van der Waals surface area (Å²) < 4.78 is 0. The summed E-state index contributed by atoms with van der Waals surface area (Å²) >= 11 is 0. The quantitative estimate of drug-likeness (QED) is 0.228. The fourth-order valence-corrected chi connectivity index (χ4v) is 2.47. The Bertz CT molecular complexity index is 464. The highest BCUT2D eigenvalue weighted by Gasteiger charge is 2.00. The molecular formula is C19H34ClN5. The largest absolute Gasteiger partial charge is 0.356 e. The monoisotopic (exact) mass is 367 g/mol. The van der Waals surface area contributed by atoms with E-state index >= 15 is 0 Å². The molecule has 0 unspecified atom stereocenters. The van der Waals surface area contributed by atoms with Gasteiger partial charge in [0.25, 0.3) is 0 Å². The number of unbranched alkanes of at least 4 members (excludes halogenated alkanes) is 7. The zero-order valence-electron chi connectivity index (χ0n) is 15.4. The molecule has 0 aliphatic carbocycles. The van der Waals surface area contributed by atoms with Crippen LogP contribution in [0.25, 0.3) is 0 Å². The molecule has 142 valence electrons. The van der Waals surface area contributed by atoms with E-state index in [1.807, 2.05) is 30.3 Å². The van der Waals surface area contributed by atoms with Crippen LogP contribution in [0, 0.1) is 10.8 Å². The first-order chi connectivity index (χ1) is 11.7. The molecular weight excluding hydrogens is 334 g/mol. The van der Waals surface area contributed by atoms with E-state index in [9.17, 15) is 0 Å². The van der Waals surface area contributed by atoms with Gasteiger partial charge in [0, 0.05) is 13.1 Å². The molecule has 0 spiro atoms. The van der Waals surface area contributed by atoms with Gasteiger partial charge in [0.2, 0.25) is 0 Å². The highest BCUT2D eigenvalue weighted by atomic mass is 35.5. The molecule has 0 radical (unpaired) electrons. The fourth-order valence-electron chi connectivity index (χ4n) is 2.47. The van der Waals surface area contributed by atoms with Crippen molar-refractivity contribution in [3.05, 3.63) is 35.9 Å². The summed E-state index contributed by atoms with van der Waals surface area (Å²) in [6, 6.07) is 9.93. The van der Waals surface area contributed by atoms with Gasteiger partial charge in [0.15, 0.2) is 11.9 Å². The molecule has 5 nitrogen and oxygen atoms in total. The number of nitrogens with one attached hydrogen (secondary N) is 5. The van der Waals surface area contributed by atoms with Crippen LogP contribution in [0.4, 0.5) is 0 Å². The SMILES string of the molecule is CCCCCCCCCCNC(=N)NC(=N)NCc1ccccc1.Cl. The van der Waals surface area contributed by atoms with Crippen LogP contribution in [0.15, 0.2) is 30.3 Å². The van der Waals surface area contributed by atoms with Gasteiger partial charge in [-0.25, -0.2) is 0 Å². The standard InChI is InChI=1S/C19H33N5.ClH/c1-2-3-4-5-6-7-8-12-15-22-18(20)24-19(21)23-16-17-13-10-9-11-14-17;/h9-11,13-14H,2-8,12,15-16H2,1H3,(H5,20,21,22,23,24);1H. The van der Waals surface area contributed by atoms with E-state index in [2.05, 4.69) is 22.9 Å². The third-order valence-corrected chi connectivity index (χ3v) is 3.89. The molecule has 0 bridgehead atoms. The van der Waals surface area contributed by atoms with Crippen molar-refractivity contribution in [1.82, 2.24) is 16.0 Å². The van der Waals surface area contributed by atoms with Crippen molar-refractivity contribution in [3.8, 4) is 0 Å². The molecule has 0 fully saturated rings. The van der Waals surface area contributed by atoms with E-state index in [4.69, 9.17) is 10.8 Å². The van der Waals surface area contributed by atoms with Crippen LogP contribution in [0.2, 0.25) is 0 Å². The highest BCUT2D eigenvalue weighted by Crippen LogP contribution is 2.07. The summed E-state index contributed by atoms with van der Waals surface area (Å²) in [5.41, 5.74) is 1.11. The third-order valence-electron chi connectivity index (χ3n) is 3.89. The van der Waals surface area contributed by atoms with Gasteiger partial charge in [0.05, 0.1) is 0 Å². The minimum atomic E-state index is 0. The Labute approximate surface area is 158 Å². The Balaban J connectivity index is 0.00000576. The predicted octanol–water partition coefficient (Wildman–Crippen LogP) is 4.39. The van der Waals surface area contributed by atoms with Crippen molar-refractivity contribution >= 4 is 24.3 Å². The summed E-state index contributed by atoms with van der Waals surface area (Å²) in [4.78, 5) is 0. The normalized spacial score (nSPS) is 9.80. The summed E-state index contributed by atoms with van der Waals surface area (Å²) in [5, 5.41) is 24.3. The van der Waals surface area contributed by atoms with E-state index < -0.39 is 0 Å². The molecule has 0 aliphatic heterocycles. The van der Waals surface area contributed by atoms with Crippen molar-refractivity contribution in [2.75, 3.05) is 6.54 Å². The lowest BCUT2D eigenvalue weighted by Crippen LogP contribution is -2.45. The Morgan fingerprint density at radius 2 is 1.36 bits per heavy atom. The van der Waals surface area contributed by atoms with Gasteiger partial charge >= 0.3 is 0 Å². The predicted molar refractivity (Wildman–Crippen MR) is 110 cm³/mol. The second-order valence-corrected chi connectivity index (χ2v) is 6.12. The molecule has 1 aromatic rings. The maximum Gasteiger partial charge on any atom is 0.195 e. The average Bonchev–Trinajstić information content (AvgIpc) is 2.59. The maximum absolute atomic E-state index is 7.79. The van der Waals surface area contributed by atoms with E-state index in [-0.39, 0.29) is 24.3 Å². The van der Waals surface area contributed by atoms with E-state index in [1.165, 1.54) is 44.9 Å². The Morgan fingerprint density at radius 3 is 2.00 bits per heavy atom. The first-order valence-corrected chi connectivity index (χ1v) is 9.18. The number of rotatable bonds is 11. The summed E-state index contributed by atoms with van der Waals surface area (Å²) in [6.45, 7) is 3.61. The van der Waals surface area contributed by atoms with E-state index in [1.54, 1.807) is 0 Å². The van der Waals surface area contributed by atoms with Crippen LogP contribution >= 0.6 is 12.4 Å². The maximum atomic E-state index is 7.79. The van der Waals surface area contributed by atoms with Crippen LogP contribution in [-0.4, -0.2) is 18.5 Å². The lowest BCUT2D eigenvalue weighted by molar-refractivity contribution is 0.572. The molecule has 5 N–H and O–H groups in total. The van der Waals surface area contributed by atoms with Crippen LogP contribution in [-0.2, 0) is 6.54 Å². The fraction of sp³-hybridized carbons (Fsp3) is 0.579. The van der Waals surface area contributed by atoms with Gasteiger partial charge in [-0.2, -0.15) is 0 Å². The van der Waals surface area contributed by atoms with E-state index in [0.29, 0.717) is 6.54 Å². The first-order valence-electron chi connectivity index (χ1n) is 9.18. The van der Waals surface area contributed by atoms with Crippen LogP contribution < -0.4 is 16.0 Å². The van der Waals surface area contributed by atoms with Gasteiger partial charge in [-0.15, -0.1) is 12.4 Å². The first kappa shape index (κ1) is 23.2. The topological polar surface area (TPSA) is 83.8 Å². The molecule has 0 amide bonds. The lowest BCUT2D eigenvalue weighted by Gasteiger charge is -2.12. The van der Waals surface area contributed by atoms with Crippen LogP contribution in [0.3, 0.4) is 0 Å². The molecule has 25 heavy (non-hydrogen) atoms. The molecule has 0 saturated heterocycles. The summed E-state index contributed by atoms with van der Waals surface area (Å²) in [7, 11) is 0. The van der Waals surface area contributed by atoms with E-state index in [0.717, 1.165) is 18.5 Å². The Kier molecular flexibility index (Phi) is 14.7. The second kappa shape index (κ2) is 15.8. The molecule has 0 heterocycles. The van der Waals surface area contributed by atoms with Gasteiger partial charge < -0.3 is 10.6 Å². The number of benzene rings is 1. The lowest BCUT2D eigenvalue weighted by atomic mass is 10.1. The van der Waals surface area contributed by atoms with Gasteiger partial charge in [-0.1, -0.05) is 82.2 Å². The van der Waals surface area contributed by atoms with Crippen molar-refractivity contribution in [3.63, 3.8) is 0 Å². The average molecular weight is 368 g/mol. The summed E-state index contributed by atoms with van der Waals surface area (Å²) in [6.07, 6.45) is 10.2. The Hall–Kier alpha value is -1.75. The van der Waals surface area contributed by atoms with Crippen LogP contribution in [0.1, 0.15) is 63.9 Å². The van der Waals surface area contributed by atoms with Gasteiger partial charge in [0.1, 0.15) is 0 Å². The number of hydrogen-bond donors (Lipinski definition) is 5. The summed E-state index contributed by atoms with van der Waals surface area (Å²) in [5.74, 6) is 0.329. The zero-order valence-corrected chi connectivity index (χ0v) is 16.2. The number of hydrogen-bond acceptors (Lipinski definition) is 2. The van der Waals surface area contributed by atoms with Gasteiger partial charge in [-0.3, -0.25) is 16.1 Å². The highest BCUT2D eigenvalue weighted by molar-refractivity contribution is 5.95. The third kappa shape index (κ3) is 13.2. The molecule has 1 aromatic carbocycles. The van der Waals surface area contributed by atoms with Crippen molar-refractivity contribution < 1.29 is 0 Å². The second-order valence-electron chi connectivity index (χ2n) is 6.12. The smallest absolute Gasteiger partial charge is 0.195 e. The zero-order chi connectivity index (χ0) is 17.5. The molecule has 0 aromatic heterocycles. The Morgan fingerprint density at radius 1 is 0.800 bits per heavy atom. The molecule has 0 saturated carbocycles. The van der Waals surface area contributed by atoms with Crippen molar-refractivity contribution in [2.45, 2.75) is 64.8 Å². The van der Waals surface area contributed by atoms with Crippen LogP contribution in [0.5, 0.6) is 0 Å². The van der Waals surface area contributed by atoms with Gasteiger partial charge in [-0.05, 0) is 12.0 Å². The molecule has 6 heteroatoms. The van der Waals surface area contributed by atoms with Crippen molar-refractivity contribution in [2.24, 2.45) is 0 Å². The molecule has 1 rings (SSSR count). The molecule has 0 aliphatic rings. The minimum Gasteiger partial charge on any atom is -0.356 e. The minimum absolute atomic E-state index is 0.